The zero-order chi connectivity index (χ0) is 20.2. The molecule has 0 aliphatic rings. The van der Waals surface area contributed by atoms with Crippen LogP contribution in [0.5, 0.6) is 0 Å². The highest BCUT2D eigenvalue weighted by atomic mass is 32.2. The van der Waals surface area contributed by atoms with E-state index < -0.39 is 10.0 Å². The highest BCUT2D eigenvalue weighted by Crippen LogP contribution is 2.24. The number of amides is 1. The summed E-state index contributed by atoms with van der Waals surface area (Å²) in [6, 6.07) is 13.0. The summed E-state index contributed by atoms with van der Waals surface area (Å²) in [5, 5.41) is 2.91. The summed E-state index contributed by atoms with van der Waals surface area (Å²) < 4.78 is 25.6. The van der Waals surface area contributed by atoms with Crippen LogP contribution >= 0.6 is 11.8 Å². The zero-order valence-electron chi connectivity index (χ0n) is 16.3. The number of hydrogen-bond acceptors (Lipinski definition) is 4. The van der Waals surface area contributed by atoms with E-state index in [-0.39, 0.29) is 18.5 Å². The minimum absolute atomic E-state index is 0.211. The molecule has 2 rings (SSSR count). The second-order valence-corrected chi connectivity index (χ2v) is 9.41. The number of thioether (sulfide) groups is 1. The van der Waals surface area contributed by atoms with Crippen molar-refractivity contribution in [2.75, 3.05) is 23.4 Å². The van der Waals surface area contributed by atoms with Crippen molar-refractivity contribution in [2.45, 2.75) is 31.7 Å². The molecule has 1 N–H and O–H groups in total. The molecule has 0 aromatic heterocycles. The molecule has 146 valence electrons. The summed E-state index contributed by atoms with van der Waals surface area (Å²) in [5.41, 5.74) is 3.75. The zero-order valence-corrected chi connectivity index (χ0v) is 17.9. The van der Waals surface area contributed by atoms with E-state index in [1.807, 2.05) is 45.2 Å². The van der Waals surface area contributed by atoms with Crippen LogP contribution in [0.2, 0.25) is 0 Å². The lowest BCUT2D eigenvalue weighted by Crippen LogP contribution is -2.41. The predicted molar refractivity (Wildman–Crippen MR) is 113 cm³/mol. The molecule has 0 bridgehead atoms. The monoisotopic (exact) mass is 406 g/mol. The number of carbonyl (C=O) groups is 1. The van der Waals surface area contributed by atoms with Gasteiger partial charge in [0.15, 0.2) is 0 Å². The summed E-state index contributed by atoms with van der Waals surface area (Å²) in [6.07, 6.45) is 3.03. The van der Waals surface area contributed by atoms with Crippen LogP contribution in [-0.4, -0.2) is 33.4 Å². The maximum Gasteiger partial charge on any atom is 0.241 e. The molecular formula is C20H26N2O3S2. The van der Waals surface area contributed by atoms with Crippen molar-refractivity contribution >= 4 is 33.4 Å². The average molecular weight is 407 g/mol. The number of benzene rings is 2. The van der Waals surface area contributed by atoms with Gasteiger partial charge in [0.25, 0.3) is 0 Å². The molecule has 5 nitrogen and oxygen atoms in total. The topological polar surface area (TPSA) is 66.5 Å². The summed E-state index contributed by atoms with van der Waals surface area (Å²) in [4.78, 5) is 13.5. The minimum atomic E-state index is -3.59. The normalized spacial score (nSPS) is 12.5. The number of aryl methyl sites for hydroxylation is 2. The standard InChI is InChI=1S/C20H26N2O3S2/c1-14-9-10-19(15(2)11-14)16(3)21-20(23)13-22(27(5,24)25)17-7-6-8-18(12-17)26-4/h6-12,16H,13H2,1-5H3,(H,21,23). The fourth-order valence-electron chi connectivity index (χ4n) is 2.97. The van der Waals surface area contributed by atoms with Crippen molar-refractivity contribution < 1.29 is 13.2 Å². The van der Waals surface area contributed by atoms with Gasteiger partial charge in [-0.05, 0) is 56.4 Å². The Morgan fingerprint density at radius 3 is 2.48 bits per heavy atom. The quantitative estimate of drug-likeness (QED) is 0.713. The number of nitrogens with one attached hydrogen (secondary N) is 1. The molecule has 0 aliphatic carbocycles. The van der Waals surface area contributed by atoms with Crippen molar-refractivity contribution in [2.24, 2.45) is 0 Å². The number of carbonyl (C=O) groups excluding carboxylic acids is 1. The van der Waals surface area contributed by atoms with Gasteiger partial charge in [0.1, 0.15) is 6.54 Å². The highest BCUT2D eigenvalue weighted by molar-refractivity contribution is 7.98. The third kappa shape index (κ3) is 5.74. The first-order chi connectivity index (χ1) is 12.6. The number of sulfonamides is 1. The first kappa shape index (κ1) is 21.3. The fourth-order valence-corrected chi connectivity index (χ4v) is 4.27. The van der Waals surface area contributed by atoms with Crippen LogP contribution in [0.4, 0.5) is 5.69 Å². The van der Waals surface area contributed by atoms with Crippen molar-refractivity contribution in [3.05, 3.63) is 59.2 Å². The van der Waals surface area contributed by atoms with Crippen LogP contribution in [-0.2, 0) is 14.8 Å². The maximum absolute atomic E-state index is 12.6. The second kappa shape index (κ2) is 8.80. The van der Waals surface area contributed by atoms with E-state index in [9.17, 15) is 13.2 Å². The van der Waals surface area contributed by atoms with Crippen molar-refractivity contribution in [3.8, 4) is 0 Å². The summed E-state index contributed by atoms with van der Waals surface area (Å²) in [7, 11) is -3.59. The molecule has 27 heavy (non-hydrogen) atoms. The van der Waals surface area contributed by atoms with Gasteiger partial charge in [0, 0.05) is 4.90 Å². The molecule has 0 radical (unpaired) electrons. The van der Waals surface area contributed by atoms with E-state index in [0.717, 1.165) is 32.1 Å². The van der Waals surface area contributed by atoms with Crippen LogP contribution in [0.25, 0.3) is 0 Å². The van der Waals surface area contributed by atoms with Crippen molar-refractivity contribution in [1.29, 1.82) is 0 Å². The molecule has 0 fully saturated rings. The fraction of sp³-hybridized carbons (Fsp3) is 0.350. The van der Waals surface area contributed by atoms with Gasteiger partial charge in [-0.15, -0.1) is 11.8 Å². The van der Waals surface area contributed by atoms with E-state index in [1.54, 1.807) is 18.2 Å². The van der Waals surface area contributed by atoms with E-state index in [1.165, 1.54) is 11.8 Å². The molecule has 0 heterocycles. The molecule has 2 aromatic carbocycles. The van der Waals surface area contributed by atoms with E-state index >= 15 is 0 Å². The molecule has 0 spiro atoms. The van der Waals surface area contributed by atoms with Gasteiger partial charge in [0.2, 0.25) is 15.9 Å². The lowest BCUT2D eigenvalue weighted by atomic mass is 10.0. The van der Waals surface area contributed by atoms with E-state index in [4.69, 9.17) is 0 Å². The lowest BCUT2D eigenvalue weighted by molar-refractivity contribution is -0.120. The largest absolute Gasteiger partial charge is 0.348 e. The molecular weight excluding hydrogens is 380 g/mol. The third-order valence-corrected chi connectivity index (χ3v) is 6.16. The van der Waals surface area contributed by atoms with Crippen LogP contribution in [0.3, 0.4) is 0 Å². The smallest absolute Gasteiger partial charge is 0.241 e. The number of rotatable bonds is 7. The van der Waals surface area contributed by atoms with Gasteiger partial charge < -0.3 is 5.32 Å². The first-order valence-corrected chi connectivity index (χ1v) is 11.7. The maximum atomic E-state index is 12.6. The molecule has 0 saturated carbocycles. The average Bonchev–Trinajstić information content (AvgIpc) is 2.58. The Kier molecular flexibility index (Phi) is 6.95. The Morgan fingerprint density at radius 2 is 1.89 bits per heavy atom. The van der Waals surface area contributed by atoms with Crippen LogP contribution in [0.1, 0.15) is 29.7 Å². The summed E-state index contributed by atoms with van der Waals surface area (Å²) >= 11 is 1.52. The van der Waals surface area contributed by atoms with Gasteiger partial charge in [-0.1, -0.05) is 29.8 Å². The van der Waals surface area contributed by atoms with Gasteiger partial charge in [-0.3, -0.25) is 9.10 Å². The van der Waals surface area contributed by atoms with Gasteiger partial charge in [-0.25, -0.2) is 8.42 Å². The molecule has 0 aliphatic heterocycles. The Labute approximate surface area is 166 Å². The second-order valence-electron chi connectivity index (χ2n) is 6.62. The molecule has 1 amide bonds. The van der Waals surface area contributed by atoms with E-state index in [2.05, 4.69) is 11.4 Å². The van der Waals surface area contributed by atoms with E-state index in [0.29, 0.717) is 5.69 Å². The molecule has 7 heteroatoms. The predicted octanol–water partition coefficient (Wildman–Crippen LogP) is 3.67. The van der Waals surface area contributed by atoms with Crippen molar-refractivity contribution in [3.63, 3.8) is 0 Å². The highest BCUT2D eigenvalue weighted by Gasteiger charge is 2.22. The Balaban J connectivity index is 2.18. The lowest BCUT2D eigenvalue weighted by Gasteiger charge is -2.24. The molecule has 1 unspecified atom stereocenters. The summed E-state index contributed by atoms with van der Waals surface area (Å²) in [5.74, 6) is -0.345. The van der Waals surface area contributed by atoms with Gasteiger partial charge >= 0.3 is 0 Å². The minimum Gasteiger partial charge on any atom is -0.348 e. The Morgan fingerprint density at radius 1 is 1.19 bits per heavy atom. The van der Waals surface area contributed by atoms with Crippen LogP contribution < -0.4 is 9.62 Å². The summed E-state index contributed by atoms with van der Waals surface area (Å²) in [6.45, 7) is 5.66. The third-order valence-electron chi connectivity index (χ3n) is 4.30. The number of hydrogen-bond donors (Lipinski definition) is 1. The van der Waals surface area contributed by atoms with Crippen LogP contribution in [0.15, 0.2) is 47.4 Å². The Bertz CT molecular complexity index is 927. The van der Waals surface area contributed by atoms with Gasteiger partial charge in [-0.2, -0.15) is 0 Å². The molecule has 2 aromatic rings. The Hall–Kier alpha value is -1.99. The van der Waals surface area contributed by atoms with Crippen molar-refractivity contribution in [1.82, 2.24) is 5.32 Å². The SMILES string of the molecule is CSc1cccc(N(CC(=O)NC(C)c2ccc(C)cc2C)S(C)(=O)=O)c1. The molecule has 0 saturated heterocycles. The number of anilines is 1. The van der Waals surface area contributed by atoms with Crippen LogP contribution in [0, 0.1) is 13.8 Å². The number of nitrogens with zero attached hydrogens (tertiary/aromatic N) is 1. The van der Waals surface area contributed by atoms with Gasteiger partial charge in [0.05, 0.1) is 18.0 Å². The first-order valence-electron chi connectivity index (χ1n) is 8.60. The molecule has 1 atom stereocenters.